The molecule has 0 fully saturated rings. The van der Waals surface area contributed by atoms with Crippen LogP contribution in [0.15, 0.2) is 24.3 Å². The van der Waals surface area contributed by atoms with Gasteiger partial charge < -0.3 is 15.4 Å². The Bertz CT molecular complexity index is 702. The van der Waals surface area contributed by atoms with Crippen LogP contribution in [0.1, 0.15) is 35.1 Å². The molecule has 1 aromatic heterocycles. The minimum absolute atomic E-state index is 0.165. The van der Waals surface area contributed by atoms with Crippen molar-refractivity contribution in [2.24, 2.45) is 0 Å². The summed E-state index contributed by atoms with van der Waals surface area (Å²) in [6.45, 7) is 2.30. The Kier molecular flexibility index (Phi) is 6.68. The topological polar surface area (TPSA) is 93.2 Å². The van der Waals surface area contributed by atoms with Gasteiger partial charge in [0.15, 0.2) is 0 Å². The first-order valence-electron chi connectivity index (χ1n) is 7.67. The van der Waals surface area contributed by atoms with Crippen LogP contribution in [0.25, 0.3) is 0 Å². The molecule has 0 aliphatic heterocycles. The first kappa shape index (κ1) is 17.9. The quantitative estimate of drug-likeness (QED) is 0.763. The van der Waals surface area contributed by atoms with Gasteiger partial charge >= 0.3 is 0 Å². The molecule has 0 saturated carbocycles. The van der Waals surface area contributed by atoms with Crippen molar-refractivity contribution in [1.82, 2.24) is 15.5 Å². The number of benzene rings is 1. The van der Waals surface area contributed by atoms with Crippen LogP contribution in [0.4, 0.5) is 5.13 Å². The lowest BCUT2D eigenvalue weighted by Gasteiger charge is -2.06. The predicted octanol–water partition coefficient (Wildman–Crippen LogP) is 2.26. The second-order valence-electron chi connectivity index (χ2n) is 5.04. The number of nitrogens with zero attached hydrogens (tertiary/aromatic N) is 2. The summed E-state index contributed by atoms with van der Waals surface area (Å²) in [6.07, 6.45) is 2.00. The van der Waals surface area contributed by atoms with Gasteiger partial charge in [0.25, 0.3) is 5.91 Å². The molecule has 1 heterocycles. The number of aromatic nitrogens is 2. The summed E-state index contributed by atoms with van der Waals surface area (Å²) in [5.74, 6) is 0.155. The Morgan fingerprint density at radius 1 is 1.29 bits per heavy atom. The summed E-state index contributed by atoms with van der Waals surface area (Å²) in [7, 11) is 1.54. The van der Waals surface area contributed by atoms with E-state index in [1.807, 2.05) is 0 Å². The van der Waals surface area contributed by atoms with Crippen LogP contribution >= 0.6 is 11.3 Å². The van der Waals surface area contributed by atoms with E-state index in [1.54, 1.807) is 31.4 Å². The number of aryl methyl sites for hydroxylation is 1. The zero-order valence-electron chi connectivity index (χ0n) is 13.7. The van der Waals surface area contributed by atoms with Gasteiger partial charge in [-0.25, -0.2) is 0 Å². The van der Waals surface area contributed by atoms with Gasteiger partial charge in [0.1, 0.15) is 10.8 Å². The maximum atomic E-state index is 12.0. The number of nitrogens with one attached hydrogen (secondary N) is 2. The second-order valence-corrected chi connectivity index (χ2v) is 6.10. The monoisotopic (exact) mass is 348 g/mol. The SMILES string of the molecule is CCCc1nnc(NC(=O)CCNC(=O)c2cccc(OC)c2)s1. The first-order valence-corrected chi connectivity index (χ1v) is 8.48. The number of anilines is 1. The highest BCUT2D eigenvalue weighted by atomic mass is 32.1. The molecule has 2 N–H and O–H groups in total. The molecule has 128 valence electrons. The van der Waals surface area contributed by atoms with Crippen LogP contribution in [-0.4, -0.2) is 35.7 Å². The van der Waals surface area contributed by atoms with Crippen molar-refractivity contribution in [1.29, 1.82) is 0 Å². The van der Waals surface area contributed by atoms with Crippen molar-refractivity contribution >= 4 is 28.3 Å². The van der Waals surface area contributed by atoms with Crippen LogP contribution in [-0.2, 0) is 11.2 Å². The van der Waals surface area contributed by atoms with Crippen LogP contribution in [0.5, 0.6) is 5.75 Å². The van der Waals surface area contributed by atoms with Crippen LogP contribution in [0.2, 0.25) is 0 Å². The van der Waals surface area contributed by atoms with E-state index in [9.17, 15) is 9.59 Å². The Morgan fingerprint density at radius 3 is 2.88 bits per heavy atom. The third kappa shape index (κ3) is 5.31. The van der Waals surface area contributed by atoms with Gasteiger partial charge in [-0.05, 0) is 24.6 Å². The Morgan fingerprint density at radius 2 is 2.12 bits per heavy atom. The number of amides is 2. The summed E-state index contributed by atoms with van der Waals surface area (Å²) < 4.78 is 5.08. The second kappa shape index (κ2) is 8.97. The molecule has 1 aromatic carbocycles. The van der Waals surface area contributed by atoms with E-state index in [1.165, 1.54) is 11.3 Å². The van der Waals surface area contributed by atoms with Gasteiger partial charge in [0, 0.05) is 24.9 Å². The summed E-state index contributed by atoms with van der Waals surface area (Å²) in [4.78, 5) is 23.9. The predicted molar refractivity (Wildman–Crippen MR) is 92.5 cm³/mol. The fourth-order valence-electron chi connectivity index (χ4n) is 1.96. The summed E-state index contributed by atoms with van der Waals surface area (Å²) in [5.41, 5.74) is 0.489. The molecule has 7 nitrogen and oxygen atoms in total. The number of ether oxygens (including phenoxy) is 1. The number of hydrogen-bond donors (Lipinski definition) is 2. The molecular weight excluding hydrogens is 328 g/mol. The van der Waals surface area contributed by atoms with Crippen LogP contribution < -0.4 is 15.4 Å². The lowest BCUT2D eigenvalue weighted by Crippen LogP contribution is -2.27. The molecule has 0 spiro atoms. The number of hydrogen-bond acceptors (Lipinski definition) is 6. The minimum atomic E-state index is -0.247. The summed E-state index contributed by atoms with van der Waals surface area (Å²) in [5, 5.41) is 14.7. The molecule has 0 atom stereocenters. The van der Waals surface area contributed by atoms with Crippen molar-refractivity contribution in [3.05, 3.63) is 34.8 Å². The molecule has 2 amide bonds. The molecule has 0 aliphatic rings. The molecule has 2 aromatic rings. The third-order valence-electron chi connectivity index (χ3n) is 3.15. The third-order valence-corrected chi connectivity index (χ3v) is 4.05. The molecule has 0 unspecified atom stereocenters. The minimum Gasteiger partial charge on any atom is -0.497 e. The maximum absolute atomic E-state index is 12.0. The van der Waals surface area contributed by atoms with Crippen molar-refractivity contribution in [2.45, 2.75) is 26.2 Å². The molecular formula is C16H20N4O3S. The molecule has 24 heavy (non-hydrogen) atoms. The fourth-order valence-corrected chi connectivity index (χ4v) is 2.81. The van der Waals surface area contributed by atoms with Gasteiger partial charge in [-0.3, -0.25) is 9.59 Å². The largest absolute Gasteiger partial charge is 0.497 e. The number of carbonyl (C=O) groups is 2. The number of methoxy groups -OCH3 is 1. The number of rotatable bonds is 8. The van der Waals surface area contributed by atoms with Crippen molar-refractivity contribution in [2.75, 3.05) is 19.0 Å². The molecule has 0 saturated heterocycles. The Hall–Kier alpha value is -2.48. The van der Waals surface area contributed by atoms with E-state index >= 15 is 0 Å². The van der Waals surface area contributed by atoms with Crippen molar-refractivity contribution < 1.29 is 14.3 Å². The molecule has 0 radical (unpaired) electrons. The van der Waals surface area contributed by atoms with Crippen molar-refractivity contribution in [3.63, 3.8) is 0 Å². The average molecular weight is 348 g/mol. The molecule has 0 bridgehead atoms. The van der Waals surface area contributed by atoms with E-state index in [0.29, 0.717) is 16.4 Å². The fraction of sp³-hybridized carbons (Fsp3) is 0.375. The standard InChI is InChI=1S/C16H20N4O3S/c1-3-5-14-19-20-16(24-14)18-13(21)8-9-17-15(22)11-6-4-7-12(10-11)23-2/h4,6-7,10H,3,5,8-9H2,1-2H3,(H,17,22)(H,18,20,21). The number of carbonyl (C=O) groups excluding carboxylic acids is 2. The maximum Gasteiger partial charge on any atom is 0.251 e. The first-order chi connectivity index (χ1) is 11.6. The Labute approximate surface area is 144 Å². The molecule has 2 rings (SSSR count). The summed E-state index contributed by atoms with van der Waals surface area (Å²) >= 11 is 1.37. The van der Waals surface area contributed by atoms with E-state index in [-0.39, 0.29) is 24.8 Å². The van der Waals surface area contributed by atoms with Gasteiger partial charge in [-0.2, -0.15) is 0 Å². The van der Waals surface area contributed by atoms with E-state index in [0.717, 1.165) is 17.8 Å². The highest BCUT2D eigenvalue weighted by Gasteiger charge is 2.10. The lowest BCUT2D eigenvalue weighted by molar-refractivity contribution is -0.116. The normalized spacial score (nSPS) is 10.2. The zero-order valence-corrected chi connectivity index (χ0v) is 14.5. The Balaban J connectivity index is 1.76. The van der Waals surface area contributed by atoms with E-state index < -0.39 is 0 Å². The molecule has 0 aliphatic carbocycles. The van der Waals surface area contributed by atoms with Crippen molar-refractivity contribution in [3.8, 4) is 5.75 Å². The van der Waals surface area contributed by atoms with Crippen LogP contribution in [0, 0.1) is 0 Å². The van der Waals surface area contributed by atoms with E-state index in [2.05, 4.69) is 27.8 Å². The molecule has 8 heteroatoms. The van der Waals surface area contributed by atoms with Gasteiger partial charge in [0.2, 0.25) is 11.0 Å². The van der Waals surface area contributed by atoms with Gasteiger partial charge in [-0.1, -0.05) is 24.3 Å². The van der Waals surface area contributed by atoms with Gasteiger partial charge in [-0.15, -0.1) is 10.2 Å². The highest BCUT2D eigenvalue weighted by Crippen LogP contribution is 2.16. The zero-order chi connectivity index (χ0) is 17.4. The average Bonchev–Trinajstić information content (AvgIpc) is 3.02. The van der Waals surface area contributed by atoms with Crippen LogP contribution in [0.3, 0.4) is 0 Å². The highest BCUT2D eigenvalue weighted by molar-refractivity contribution is 7.15. The lowest BCUT2D eigenvalue weighted by atomic mass is 10.2. The smallest absolute Gasteiger partial charge is 0.251 e. The van der Waals surface area contributed by atoms with E-state index in [4.69, 9.17) is 4.74 Å². The summed E-state index contributed by atoms with van der Waals surface area (Å²) in [6, 6.07) is 6.84. The van der Waals surface area contributed by atoms with Gasteiger partial charge in [0.05, 0.1) is 7.11 Å².